The van der Waals surface area contributed by atoms with E-state index in [1.54, 1.807) is 11.3 Å². The minimum Gasteiger partial charge on any atom is -0.370 e. The first-order valence-electron chi connectivity index (χ1n) is 5.50. The van der Waals surface area contributed by atoms with Gasteiger partial charge >= 0.3 is 0 Å². The number of guanidine groups is 1. The summed E-state index contributed by atoms with van der Waals surface area (Å²) in [5, 5.41) is 3.23. The van der Waals surface area contributed by atoms with E-state index >= 15 is 0 Å². The molecular weight excluding hydrogens is 222 g/mol. The first-order chi connectivity index (χ1) is 7.75. The molecular formula is C10H17N5S. The molecule has 0 aromatic carbocycles. The second kappa shape index (κ2) is 5.16. The molecule has 0 aliphatic carbocycles. The molecule has 1 fully saturated rings. The van der Waals surface area contributed by atoms with Crippen LogP contribution in [0.25, 0.3) is 0 Å². The molecule has 1 aliphatic heterocycles. The van der Waals surface area contributed by atoms with Crippen molar-refractivity contribution in [3.63, 3.8) is 0 Å². The van der Waals surface area contributed by atoms with Gasteiger partial charge in [-0.2, -0.15) is 0 Å². The van der Waals surface area contributed by atoms with E-state index in [2.05, 4.69) is 20.3 Å². The van der Waals surface area contributed by atoms with E-state index in [9.17, 15) is 0 Å². The van der Waals surface area contributed by atoms with Crippen LogP contribution in [0.1, 0.15) is 18.5 Å². The number of rotatable bonds is 4. The monoisotopic (exact) mass is 239 g/mol. The smallest absolute Gasteiger partial charge is 0.185 e. The van der Waals surface area contributed by atoms with Crippen molar-refractivity contribution in [3.05, 3.63) is 11.1 Å². The largest absolute Gasteiger partial charge is 0.370 e. The summed E-state index contributed by atoms with van der Waals surface area (Å²) in [7, 11) is 0. The van der Waals surface area contributed by atoms with Gasteiger partial charge in [0.25, 0.3) is 0 Å². The highest BCUT2D eigenvalue weighted by Crippen LogP contribution is 2.24. The molecule has 1 aliphatic rings. The third-order valence-electron chi connectivity index (χ3n) is 2.58. The zero-order chi connectivity index (χ0) is 11.4. The van der Waals surface area contributed by atoms with Gasteiger partial charge in [-0.05, 0) is 12.8 Å². The second-order valence-corrected chi connectivity index (χ2v) is 4.71. The van der Waals surface area contributed by atoms with Crippen LogP contribution in [-0.4, -0.2) is 30.6 Å². The Morgan fingerprint density at radius 1 is 1.44 bits per heavy atom. The molecule has 0 atom stereocenters. The van der Waals surface area contributed by atoms with Crippen LogP contribution < -0.4 is 16.4 Å². The maximum atomic E-state index is 5.26. The maximum Gasteiger partial charge on any atom is 0.185 e. The van der Waals surface area contributed by atoms with E-state index < -0.39 is 0 Å². The molecule has 4 N–H and O–H groups in total. The highest BCUT2D eigenvalue weighted by molar-refractivity contribution is 7.13. The first-order valence-corrected chi connectivity index (χ1v) is 6.38. The quantitative estimate of drug-likeness (QED) is 0.594. The van der Waals surface area contributed by atoms with Crippen LogP contribution in [0.4, 0.5) is 5.13 Å². The topological polar surface area (TPSA) is 80.5 Å². The van der Waals surface area contributed by atoms with Gasteiger partial charge in [-0.3, -0.25) is 4.99 Å². The zero-order valence-corrected chi connectivity index (χ0v) is 10.0. The number of hydrogen-bond acceptors (Lipinski definition) is 4. The second-order valence-electron chi connectivity index (χ2n) is 3.87. The summed E-state index contributed by atoms with van der Waals surface area (Å²) < 4.78 is 0. The van der Waals surface area contributed by atoms with Crippen molar-refractivity contribution in [3.8, 4) is 0 Å². The summed E-state index contributed by atoms with van der Waals surface area (Å²) in [6.07, 6.45) is 3.37. The van der Waals surface area contributed by atoms with Crippen LogP contribution in [0, 0.1) is 0 Å². The molecule has 1 saturated heterocycles. The van der Waals surface area contributed by atoms with Crippen LogP contribution >= 0.6 is 11.3 Å². The minimum atomic E-state index is 0.148. The lowest BCUT2D eigenvalue weighted by Gasteiger charge is -2.12. The highest BCUT2D eigenvalue weighted by atomic mass is 32.1. The summed E-state index contributed by atoms with van der Waals surface area (Å²) in [5.74, 6) is 0.148. The molecule has 6 heteroatoms. The molecule has 0 bridgehead atoms. The molecule has 1 aromatic rings. The molecule has 16 heavy (non-hydrogen) atoms. The Labute approximate surface area is 99.2 Å². The Hall–Kier alpha value is -1.30. The SMILES string of the molecule is NC(N)=NCCc1csc(N2CCCC2)n1. The Kier molecular flexibility index (Phi) is 3.61. The van der Waals surface area contributed by atoms with E-state index in [0.29, 0.717) is 6.54 Å². The number of hydrogen-bond donors (Lipinski definition) is 2. The summed E-state index contributed by atoms with van der Waals surface area (Å²) >= 11 is 1.71. The normalized spacial score (nSPS) is 15.4. The van der Waals surface area contributed by atoms with Crippen molar-refractivity contribution in [2.45, 2.75) is 19.3 Å². The molecule has 0 amide bonds. The van der Waals surface area contributed by atoms with Gasteiger partial charge in [0.1, 0.15) is 0 Å². The average molecular weight is 239 g/mol. The van der Waals surface area contributed by atoms with E-state index in [1.807, 2.05) is 0 Å². The summed E-state index contributed by atoms with van der Waals surface area (Å²) in [5.41, 5.74) is 11.6. The number of aliphatic imine (C=N–C) groups is 1. The Bertz CT molecular complexity index is 363. The Morgan fingerprint density at radius 2 is 2.19 bits per heavy atom. The first kappa shape index (κ1) is 11.2. The molecule has 2 heterocycles. The van der Waals surface area contributed by atoms with Crippen molar-refractivity contribution in [1.82, 2.24) is 4.98 Å². The zero-order valence-electron chi connectivity index (χ0n) is 9.22. The molecule has 88 valence electrons. The fourth-order valence-electron chi connectivity index (χ4n) is 1.76. The van der Waals surface area contributed by atoms with Gasteiger partial charge in [0.2, 0.25) is 0 Å². The minimum absolute atomic E-state index is 0.148. The van der Waals surface area contributed by atoms with Gasteiger partial charge in [0.05, 0.1) is 5.69 Å². The van der Waals surface area contributed by atoms with Gasteiger partial charge in [0, 0.05) is 31.4 Å². The van der Waals surface area contributed by atoms with Crippen molar-refractivity contribution in [1.29, 1.82) is 0 Å². The van der Waals surface area contributed by atoms with Gasteiger partial charge in [-0.25, -0.2) is 4.98 Å². The molecule has 5 nitrogen and oxygen atoms in total. The number of nitrogens with zero attached hydrogens (tertiary/aromatic N) is 3. The third kappa shape index (κ3) is 2.85. The van der Waals surface area contributed by atoms with Gasteiger partial charge in [-0.15, -0.1) is 11.3 Å². The van der Waals surface area contributed by atoms with Crippen LogP contribution in [0.2, 0.25) is 0 Å². The van der Waals surface area contributed by atoms with E-state index in [1.165, 1.54) is 12.8 Å². The molecule has 0 unspecified atom stereocenters. The Balaban J connectivity index is 1.89. The van der Waals surface area contributed by atoms with Crippen LogP contribution in [-0.2, 0) is 6.42 Å². The number of aromatic nitrogens is 1. The van der Waals surface area contributed by atoms with Crippen molar-refractivity contribution in [2.24, 2.45) is 16.5 Å². The standard InChI is InChI=1S/C10H17N5S/c11-9(12)13-4-3-8-7-16-10(14-8)15-5-1-2-6-15/h7H,1-6H2,(H4,11,12,13). The third-order valence-corrected chi connectivity index (χ3v) is 3.53. The number of nitrogens with two attached hydrogens (primary N) is 2. The van der Waals surface area contributed by atoms with E-state index in [4.69, 9.17) is 11.5 Å². The summed E-state index contributed by atoms with van der Waals surface area (Å²) in [4.78, 5) is 10.9. The van der Waals surface area contributed by atoms with Gasteiger partial charge in [-0.1, -0.05) is 0 Å². The van der Waals surface area contributed by atoms with Gasteiger partial charge < -0.3 is 16.4 Å². The molecule has 1 aromatic heterocycles. The van der Waals surface area contributed by atoms with Crippen molar-refractivity contribution < 1.29 is 0 Å². The van der Waals surface area contributed by atoms with Crippen molar-refractivity contribution in [2.75, 3.05) is 24.5 Å². The fraction of sp³-hybridized carbons (Fsp3) is 0.600. The van der Waals surface area contributed by atoms with Crippen LogP contribution in [0.5, 0.6) is 0 Å². The predicted molar refractivity (Wildman–Crippen MR) is 67.9 cm³/mol. The predicted octanol–water partition coefficient (Wildman–Crippen LogP) is 0.559. The lowest BCUT2D eigenvalue weighted by molar-refractivity contribution is 0.906. The molecule has 0 radical (unpaired) electrons. The number of anilines is 1. The van der Waals surface area contributed by atoms with E-state index in [0.717, 1.165) is 30.3 Å². The van der Waals surface area contributed by atoms with Crippen molar-refractivity contribution >= 4 is 22.4 Å². The van der Waals surface area contributed by atoms with Crippen LogP contribution in [0.3, 0.4) is 0 Å². The van der Waals surface area contributed by atoms with Gasteiger partial charge in [0.15, 0.2) is 11.1 Å². The fourth-order valence-corrected chi connectivity index (χ4v) is 2.68. The average Bonchev–Trinajstić information content (AvgIpc) is 2.85. The molecule has 0 spiro atoms. The maximum absolute atomic E-state index is 5.26. The highest BCUT2D eigenvalue weighted by Gasteiger charge is 2.15. The molecule has 2 rings (SSSR count). The molecule has 0 saturated carbocycles. The Morgan fingerprint density at radius 3 is 2.88 bits per heavy atom. The van der Waals surface area contributed by atoms with E-state index in [-0.39, 0.29) is 5.96 Å². The summed E-state index contributed by atoms with van der Waals surface area (Å²) in [6.45, 7) is 2.90. The lowest BCUT2D eigenvalue weighted by Crippen LogP contribution is -2.23. The van der Waals surface area contributed by atoms with Crippen LogP contribution in [0.15, 0.2) is 10.4 Å². The lowest BCUT2D eigenvalue weighted by atomic mass is 10.3. The number of thiazole rings is 1. The summed E-state index contributed by atoms with van der Waals surface area (Å²) in [6, 6.07) is 0.